The molecule has 0 atom stereocenters. The molecule has 5 nitrogen and oxygen atoms in total. The van der Waals surface area contributed by atoms with Crippen LogP contribution in [0.5, 0.6) is 5.75 Å². The highest BCUT2D eigenvalue weighted by Gasteiger charge is 2.38. The van der Waals surface area contributed by atoms with Gasteiger partial charge in [-0.15, -0.1) is 0 Å². The van der Waals surface area contributed by atoms with E-state index in [-0.39, 0.29) is 5.41 Å². The zero-order valence-electron chi connectivity index (χ0n) is 29.3. The monoisotopic (exact) mass is 623 g/mol. The summed E-state index contributed by atoms with van der Waals surface area (Å²) in [6.45, 7) is 7.49. The molecule has 2 aromatic rings. The van der Waals surface area contributed by atoms with Gasteiger partial charge in [0.1, 0.15) is 5.75 Å². The highest BCUT2D eigenvalue weighted by molar-refractivity contribution is 5.74. The lowest BCUT2D eigenvalue weighted by atomic mass is 9.71. The molecule has 254 valence electrons. The minimum Gasteiger partial charge on any atom is -0.494 e. The Kier molecular flexibility index (Phi) is 21.3. The lowest BCUT2D eigenvalue weighted by Crippen LogP contribution is -2.33. The van der Waals surface area contributed by atoms with Gasteiger partial charge in [0.05, 0.1) is 12.0 Å². The van der Waals surface area contributed by atoms with Gasteiger partial charge in [-0.2, -0.15) is 0 Å². The first kappa shape index (κ1) is 38.8. The fourth-order valence-corrected chi connectivity index (χ4v) is 6.38. The first-order valence-corrected chi connectivity index (χ1v) is 18.8. The van der Waals surface area contributed by atoms with Crippen molar-refractivity contribution >= 4 is 5.97 Å². The number of aliphatic carboxylic acids is 1. The molecule has 0 spiro atoms. The van der Waals surface area contributed by atoms with Gasteiger partial charge < -0.3 is 9.84 Å². The fourth-order valence-electron chi connectivity index (χ4n) is 6.38. The first-order chi connectivity index (χ1) is 22.0. The molecule has 0 radical (unpaired) electrons. The summed E-state index contributed by atoms with van der Waals surface area (Å²) in [6.07, 6.45) is 33.2. The van der Waals surface area contributed by atoms with E-state index in [1.807, 2.05) is 24.5 Å². The quantitative estimate of drug-likeness (QED) is 0.125. The Morgan fingerprint density at radius 2 is 1.20 bits per heavy atom. The van der Waals surface area contributed by atoms with Gasteiger partial charge in [-0.3, -0.25) is 4.79 Å². The molecule has 1 saturated carbocycles. The molecule has 1 aromatic carbocycles. The number of benzene rings is 1. The standard InChI is InChI=1S/C28H44N2O.C12H22O2/c1-3-5-7-9-11-12-14-16-22-31-27-20-18-26(19-21-27)28-29-23-25(24-30-28)17-15-13-10-8-6-4-2;1-2-3-5-8-12(11(13)14)9-6-4-7-10-12/h18-21,23-24H,3-17,22H2,1-2H3;2-10H2,1H3,(H,13,14). The molecule has 1 aromatic heterocycles. The van der Waals surface area contributed by atoms with Gasteiger partial charge in [-0.05, 0) is 68.4 Å². The van der Waals surface area contributed by atoms with Crippen molar-refractivity contribution in [3.8, 4) is 17.1 Å². The molecule has 0 unspecified atom stereocenters. The van der Waals surface area contributed by atoms with Gasteiger partial charge in [0.2, 0.25) is 0 Å². The van der Waals surface area contributed by atoms with E-state index in [1.165, 1.54) is 108 Å². The lowest BCUT2D eigenvalue weighted by Gasteiger charge is -2.33. The van der Waals surface area contributed by atoms with Crippen molar-refractivity contribution in [2.75, 3.05) is 6.61 Å². The summed E-state index contributed by atoms with van der Waals surface area (Å²) in [4.78, 5) is 20.4. The maximum absolute atomic E-state index is 11.3. The average molecular weight is 623 g/mol. The molecule has 1 aliphatic carbocycles. The Balaban J connectivity index is 0.000000420. The largest absolute Gasteiger partial charge is 0.494 e. The highest BCUT2D eigenvalue weighted by atomic mass is 16.5. The molecule has 5 heteroatoms. The summed E-state index contributed by atoms with van der Waals surface area (Å²) >= 11 is 0. The topological polar surface area (TPSA) is 72.3 Å². The molecule has 1 N–H and O–H groups in total. The molecule has 0 amide bonds. The summed E-state index contributed by atoms with van der Waals surface area (Å²) in [5, 5.41) is 9.29. The van der Waals surface area contributed by atoms with Crippen LogP contribution in [-0.4, -0.2) is 27.7 Å². The Morgan fingerprint density at radius 1 is 0.689 bits per heavy atom. The van der Waals surface area contributed by atoms with Crippen LogP contribution in [0.25, 0.3) is 11.4 Å². The molecule has 1 heterocycles. The number of hydrogen-bond donors (Lipinski definition) is 1. The number of carbonyl (C=O) groups is 1. The Labute approximate surface area is 276 Å². The van der Waals surface area contributed by atoms with E-state index in [0.29, 0.717) is 0 Å². The van der Waals surface area contributed by atoms with Crippen LogP contribution in [0.15, 0.2) is 36.7 Å². The van der Waals surface area contributed by atoms with Crippen LogP contribution in [0.4, 0.5) is 0 Å². The van der Waals surface area contributed by atoms with E-state index in [9.17, 15) is 9.90 Å². The highest BCUT2D eigenvalue weighted by Crippen LogP contribution is 2.40. The molecule has 0 bridgehead atoms. The number of unbranched alkanes of at least 4 members (excludes halogenated alkanes) is 14. The summed E-state index contributed by atoms with van der Waals surface area (Å²) in [5.41, 5.74) is 1.93. The van der Waals surface area contributed by atoms with Crippen LogP contribution >= 0.6 is 0 Å². The molecular formula is C40H66N2O3. The van der Waals surface area contributed by atoms with Crippen molar-refractivity contribution in [2.24, 2.45) is 5.41 Å². The minimum atomic E-state index is -0.548. The number of aryl methyl sites for hydroxylation is 1. The third-order valence-electron chi connectivity index (χ3n) is 9.43. The number of carboxylic acids is 1. The Hall–Kier alpha value is -2.43. The molecule has 1 fully saturated rings. The molecule has 1 aliphatic rings. The van der Waals surface area contributed by atoms with Crippen LogP contribution in [0.2, 0.25) is 0 Å². The molecule has 0 aliphatic heterocycles. The SMILES string of the molecule is CCCCCC1(C(=O)O)CCCCC1.CCCCCCCCCCOc1ccc(-c2ncc(CCCCCCCC)cn2)cc1. The average Bonchev–Trinajstić information content (AvgIpc) is 3.07. The van der Waals surface area contributed by atoms with Crippen LogP contribution in [0, 0.1) is 5.41 Å². The smallest absolute Gasteiger partial charge is 0.309 e. The third-order valence-corrected chi connectivity index (χ3v) is 9.43. The second-order valence-corrected chi connectivity index (χ2v) is 13.4. The third kappa shape index (κ3) is 16.6. The van der Waals surface area contributed by atoms with Crippen LogP contribution < -0.4 is 4.74 Å². The summed E-state index contributed by atoms with van der Waals surface area (Å²) in [5.74, 6) is 1.18. The fraction of sp³-hybridized carbons (Fsp3) is 0.725. The molecule has 3 rings (SSSR count). The molecule has 45 heavy (non-hydrogen) atoms. The number of nitrogens with zero attached hydrogens (tertiary/aromatic N) is 2. The normalized spacial score (nSPS) is 14.0. The van der Waals surface area contributed by atoms with E-state index in [2.05, 4.69) is 42.9 Å². The predicted octanol–water partition coefficient (Wildman–Crippen LogP) is 12.2. The van der Waals surface area contributed by atoms with Gasteiger partial charge in [-0.1, -0.05) is 136 Å². The van der Waals surface area contributed by atoms with E-state index < -0.39 is 5.97 Å². The van der Waals surface area contributed by atoms with Gasteiger partial charge in [0, 0.05) is 18.0 Å². The first-order valence-electron chi connectivity index (χ1n) is 18.8. The Bertz CT molecular complexity index is 984. The number of carboxylic acid groups (broad SMARTS) is 1. The van der Waals surface area contributed by atoms with Crippen LogP contribution in [0.1, 0.15) is 174 Å². The minimum absolute atomic E-state index is 0.354. The Morgan fingerprint density at radius 3 is 1.76 bits per heavy atom. The second kappa shape index (κ2) is 24.8. The van der Waals surface area contributed by atoms with Crippen LogP contribution in [-0.2, 0) is 11.2 Å². The number of aromatic nitrogens is 2. The van der Waals surface area contributed by atoms with E-state index in [4.69, 9.17) is 4.74 Å². The molecular weight excluding hydrogens is 556 g/mol. The van der Waals surface area contributed by atoms with Gasteiger partial charge in [0.25, 0.3) is 0 Å². The van der Waals surface area contributed by atoms with E-state index >= 15 is 0 Å². The second-order valence-electron chi connectivity index (χ2n) is 13.4. The zero-order chi connectivity index (χ0) is 32.4. The number of rotatable bonds is 23. The van der Waals surface area contributed by atoms with Crippen LogP contribution in [0.3, 0.4) is 0 Å². The molecule has 0 saturated heterocycles. The summed E-state index contributed by atoms with van der Waals surface area (Å²) < 4.78 is 5.90. The van der Waals surface area contributed by atoms with E-state index in [0.717, 1.165) is 75.1 Å². The van der Waals surface area contributed by atoms with Gasteiger partial charge in [-0.25, -0.2) is 9.97 Å². The van der Waals surface area contributed by atoms with Gasteiger partial charge >= 0.3 is 5.97 Å². The zero-order valence-corrected chi connectivity index (χ0v) is 29.3. The van der Waals surface area contributed by atoms with Crippen molar-refractivity contribution < 1.29 is 14.6 Å². The summed E-state index contributed by atoms with van der Waals surface area (Å²) in [6, 6.07) is 8.19. The van der Waals surface area contributed by atoms with Crippen molar-refractivity contribution in [1.82, 2.24) is 9.97 Å². The van der Waals surface area contributed by atoms with Crippen molar-refractivity contribution in [3.63, 3.8) is 0 Å². The van der Waals surface area contributed by atoms with E-state index in [1.54, 1.807) is 0 Å². The van der Waals surface area contributed by atoms with Crippen molar-refractivity contribution in [1.29, 1.82) is 0 Å². The van der Waals surface area contributed by atoms with Crippen molar-refractivity contribution in [2.45, 2.75) is 175 Å². The predicted molar refractivity (Wildman–Crippen MR) is 190 cm³/mol. The number of ether oxygens (including phenoxy) is 1. The van der Waals surface area contributed by atoms with Gasteiger partial charge in [0.15, 0.2) is 5.82 Å². The lowest BCUT2D eigenvalue weighted by molar-refractivity contribution is -0.151. The number of hydrogen-bond acceptors (Lipinski definition) is 4. The summed E-state index contributed by atoms with van der Waals surface area (Å²) in [7, 11) is 0. The van der Waals surface area contributed by atoms with Crippen molar-refractivity contribution in [3.05, 3.63) is 42.2 Å². The maximum Gasteiger partial charge on any atom is 0.309 e. The maximum atomic E-state index is 11.3.